The van der Waals surface area contributed by atoms with E-state index in [1.54, 1.807) is 0 Å². The summed E-state index contributed by atoms with van der Waals surface area (Å²) in [4.78, 5) is 14.4. The van der Waals surface area contributed by atoms with Crippen LogP contribution in [0.2, 0.25) is 0 Å². The molecule has 0 saturated carbocycles. The van der Waals surface area contributed by atoms with Crippen LogP contribution in [0, 0.1) is 5.92 Å². The van der Waals surface area contributed by atoms with E-state index in [4.69, 9.17) is 4.74 Å². The van der Waals surface area contributed by atoms with Crippen LogP contribution >= 0.6 is 0 Å². The van der Waals surface area contributed by atoms with Crippen molar-refractivity contribution < 1.29 is 9.53 Å². The molecule has 2 rings (SSSR count). The lowest BCUT2D eigenvalue weighted by Gasteiger charge is -2.21. The second kappa shape index (κ2) is 8.76. The highest BCUT2D eigenvalue weighted by atomic mass is 16.5. The van der Waals surface area contributed by atoms with Crippen molar-refractivity contribution in [3.63, 3.8) is 0 Å². The molecule has 0 aromatic heterocycles. The number of nitrogens with zero attached hydrogens (tertiary/aromatic N) is 1. The lowest BCUT2D eigenvalue weighted by Crippen LogP contribution is -2.34. The monoisotopic (exact) mass is 305 g/mol. The number of carbonyl (C=O) groups excluding carboxylic acids is 1. The Morgan fingerprint density at radius 1 is 1.36 bits per heavy atom. The van der Waals surface area contributed by atoms with Gasteiger partial charge in [-0.15, -0.1) is 0 Å². The van der Waals surface area contributed by atoms with Crippen molar-refractivity contribution in [3.8, 4) is 5.75 Å². The SMILES string of the molecule is CN(C)CCCOc1cccc(NC(=O)C2CCNCC2)c1. The van der Waals surface area contributed by atoms with E-state index in [2.05, 4.69) is 29.6 Å². The van der Waals surface area contributed by atoms with Gasteiger partial charge in [-0.05, 0) is 58.6 Å². The summed E-state index contributed by atoms with van der Waals surface area (Å²) in [7, 11) is 4.11. The molecule has 0 atom stereocenters. The van der Waals surface area contributed by atoms with Crippen LogP contribution in [0.1, 0.15) is 19.3 Å². The largest absolute Gasteiger partial charge is 0.493 e. The van der Waals surface area contributed by atoms with Gasteiger partial charge in [0.1, 0.15) is 5.75 Å². The molecular formula is C17H27N3O2. The van der Waals surface area contributed by atoms with Gasteiger partial charge in [-0.25, -0.2) is 0 Å². The highest BCUT2D eigenvalue weighted by Crippen LogP contribution is 2.20. The van der Waals surface area contributed by atoms with Crippen molar-refractivity contribution in [1.82, 2.24) is 10.2 Å². The van der Waals surface area contributed by atoms with Crippen LogP contribution in [0.4, 0.5) is 5.69 Å². The molecule has 5 heteroatoms. The molecule has 22 heavy (non-hydrogen) atoms. The molecule has 1 aromatic carbocycles. The number of rotatable bonds is 7. The second-order valence-corrected chi connectivity index (χ2v) is 6.05. The maximum absolute atomic E-state index is 12.2. The molecular weight excluding hydrogens is 278 g/mol. The van der Waals surface area contributed by atoms with Gasteiger partial charge >= 0.3 is 0 Å². The Hall–Kier alpha value is -1.59. The molecule has 1 aromatic rings. The van der Waals surface area contributed by atoms with Crippen molar-refractivity contribution in [1.29, 1.82) is 0 Å². The van der Waals surface area contributed by atoms with E-state index in [0.717, 1.165) is 50.3 Å². The molecule has 122 valence electrons. The van der Waals surface area contributed by atoms with Crippen LogP contribution in [0.5, 0.6) is 5.75 Å². The molecule has 5 nitrogen and oxygen atoms in total. The Balaban J connectivity index is 1.81. The highest BCUT2D eigenvalue weighted by Gasteiger charge is 2.20. The predicted molar refractivity (Wildman–Crippen MR) is 89.3 cm³/mol. The van der Waals surface area contributed by atoms with E-state index in [1.165, 1.54) is 0 Å². The van der Waals surface area contributed by atoms with Gasteiger partial charge in [0.15, 0.2) is 0 Å². The summed E-state index contributed by atoms with van der Waals surface area (Å²) < 4.78 is 5.74. The fourth-order valence-corrected chi connectivity index (χ4v) is 2.56. The minimum atomic E-state index is 0.117. The molecule has 1 aliphatic rings. The Labute approximate surface area is 133 Å². The average molecular weight is 305 g/mol. The molecule has 0 spiro atoms. The summed E-state index contributed by atoms with van der Waals surface area (Å²) in [6.45, 7) is 3.54. The number of hydrogen-bond acceptors (Lipinski definition) is 4. The van der Waals surface area contributed by atoms with Gasteiger partial charge in [-0.1, -0.05) is 6.07 Å². The summed E-state index contributed by atoms with van der Waals surface area (Å²) >= 11 is 0. The van der Waals surface area contributed by atoms with Crippen LogP contribution < -0.4 is 15.4 Å². The van der Waals surface area contributed by atoms with E-state index in [-0.39, 0.29) is 11.8 Å². The lowest BCUT2D eigenvalue weighted by atomic mass is 9.97. The summed E-state index contributed by atoms with van der Waals surface area (Å²) in [5, 5.41) is 6.28. The van der Waals surface area contributed by atoms with Crippen LogP contribution in [0.3, 0.4) is 0 Å². The van der Waals surface area contributed by atoms with Crippen LogP contribution in [0.25, 0.3) is 0 Å². The molecule has 1 amide bonds. The van der Waals surface area contributed by atoms with E-state index in [1.807, 2.05) is 24.3 Å². The topological polar surface area (TPSA) is 53.6 Å². The number of amides is 1. The van der Waals surface area contributed by atoms with Gasteiger partial charge in [-0.3, -0.25) is 4.79 Å². The zero-order chi connectivity index (χ0) is 15.8. The normalized spacial score (nSPS) is 15.8. The molecule has 1 saturated heterocycles. The van der Waals surface area contributed by atoms with Gasteiger partial charge in [-0.2, -0.15) is 0 Å². The molecule has 1 aliphatic heterocycles. The van der Waals surface area contributed by atoms with Crippen LogP contribution in [-0.2, 0) is 4.79 Å². The number of anilines is 1. The quantitative estimate of drug-likeness (QED) is 0.756. The number of piperidine rings is 1. The molecule has 0 radical (unpaired) electrons. The van der Waals surface area contributed by atoms with Gasteiger partial charge in [0.25, 0.3) is 0 Å². The number of hydrogen-bond donors (Lipinski definition) is 2. The van der Waals surface area contributed by atoms with Crippen molar-refractivity contribution >= 4 is 11.6 Å². The average Bonchev–Trinajstić information content (AvgIpc) is 2.52. The molecule has 0 bridgehead atoms. The Kier molecular flexibility index (Phi) is 6.68. The first-order valence-electron chi connectivity index (χ1n) is 8.04. The summed E-state index contributed by atoms with van der Waals surface area (Å²) in [6, 6.07) is 7.65. The Morgan fingerprint density at radius 2 is 2.14 bits per heavy atom. The van der Waals surface area contributed by atoms with Gasteiger partial charge in [0.05, 0.1) is 6.61 Å². The molecule has 2 N–H and O–H groups in total. The number of carbonyl (C=O) groups is 1. The zero-order valence-electron chi connectivity index (χ0n) is 13.6. The first kappa shape index (κ1) is 16.8. The third-order valence-electron chi connectivity index (χ3n) is 3.83. The van der Waals surface area contributed by atoms with Crippen LogP contribution in [-0.4, -0.2) is 51.1 Å². The number of ether oxygens (including phenoxy) is 1. The van der Waals surface area contributed by atoms with Crippen molar-refractivity contribution in [2.24, 2.45) is 5.92 Å². The van der Waals surface area contributed by atoms with Crippen molar-refractivity contribution in [2.75, 3.05) is 45.7 Å². The molecule has 1 fully saturated rings. The smallest absolute Gasteiger partial charge is 0.227 e. The molecule has 0 unspecified atom stereocenters. The fraction of sp³-hybridized carbons (Fsp3) is 0.588. The van der Waals surface area contributed by atoms with Crippen molar-refractivity contribution in [3.05, 3.63) is 24.3 Å². The van der Waals surface area contributed by atoms with E-state index < -0.39 is 0 Å². The van der Waals surface area contributed by atoms with E-state index >= 15 is 0 Å². The summed E-state index contributed by atoms with van der Waals surface area (Å²) in [5.41, 5.74) is 0.814. The van der Waals surface area contributed by atoms with E-state index in [0.29, 0.717) is 6.61 Å². The maximum atomic E-state index is 12.2. The Bertz CT molecular complexity index is 471. The van der Waals surface area contributed by atoms with Crippen molar-refractivity contribution in [2.45, 2.75) is 19.3 Å². The first-order chi connectivity index (χ1) is 10.6. The molecule has 0 aliphatic carbocycles. The lowest BCUT2D eigenvalue weighted by molar-refractivity contribution is -0.120. The third kappa shape index (κ3) is 5.66. The first-order valence-corrected chi connectivity index (χ1v) is 8.04. The second-order valence-electron chi connectivity index (χ2n) is 6.05. The maximum Gasteiger partial charge on any atom is 0.227 e. The summed E-state index contributed by atoms with van der Waals surface area (Å²) in [5.74, 6) is 1.04. The minimum absolute atomic E-state index is 0.117. The number of benzene rings is 1. The standard InChI is InChI=1S/C17H27N3O2/c1-20(2)11-4-12-22-16-6-3-5-15(13-16)19-17(21)14-7-9-18-10-8-14/h3,5-6,13-14,18H,4,7-12H2,1-2H3,(H,19,21). The molecule has 1 heterocycles. The van der Waals surface area contributed by atoms with Gasteiger partial charge in [0.2, 0.25) is 5.91 Å². The predicted octanol–water partition coefficient (Wildman–Crippen LogP) is 1.96. The minimum Gasteiger partial charge on any atom is -0.493 e. The van der Waals surface area contributed by atoms with E-state index in [9.17, 15) is 4.79 Å². The summed E-state index contributed by atoms with van der Waals surface area (Å²) in [6.07, 6.45) is 2.80. The third-order valence-corrected chi connectivity index (χ3v) is 3.83. The highest BCUT2D eigenvalue weighted by molar-refractivity contribution is 5.92. The van der Waals surface area contributed by atoms with Gasteiger partial charge < -0.3 is 20.3 Å². The number of nitrogens with one attached hydrogen (secondary N) is 2. The van der Waals surface area contributed by atoms with Crippen LogP contribution in [0.15, 0.2) is 24.3 Å². The fourth-order valence-electron chi connectivity index (χ4n) is 2.56. The Morgan fingerprint density at radius 3 is 2.86 bits per heavy atom. The zero-order valence-corrected chi connectivity index (χ0v) is 13.6. The van der Waals surface area contributed by atoms with Gasteiger partial charge in [0, 0.05) is 24.2 Å².